The van der Waals surface area contributed by atoms with Crippen LogP contribution in [-0.2, 0) is 0 Å². The molecule has 2 heterocycles. The Morgan fingerprint density at radius 3 is 2.67 bits per heavy atom. The third-order valence-electron chi connectivity index (χ3n) is 3.08. The lowest BCUT2D eigenvalue weighted by Gasteiger charge is -2.05. The Labute approximate surface area is 116 Å². The van der Waals surface area contributed by atoms with Crippen LogP contribution in [0.3, 0.4) is 0 Å². The molecule has 0 aliphatic carbocycles. The van der Waals surface area contributed by atoms with E-state index in [1.807, 2.05) is 53.9 Å². The largest absolute Gasteiger partial charge is 1.00 e. The molecule has 2 nitrogen and oxygen atoms in total. The molecule has 0 saturated heterocycles. The molecule has 1 aromatic carbocycles. The number of para-hydroxylation sites is 1. The average Bonchev–Trinajstić information content (AvgIpc) is 2.36. The number of benzene rings is 1. The maximum absolute atomic E-state index is 10.2. The molecule has 4 heteroatoms. The molecule has 1 N–H and O–H groups in total. The zero-order chi connectivity index (χ0) is 12.0. The minimum absolute atomic E-state index is 0. The number of rotatable bonds is 0. The first-order valence-electron chi connectivity index (χ1n) is 5.40. The van der Waals surface area contributed by atoms with Crippen molar-refractivity contribution >= 4 is 28.0 Å². The maximum atomic E-state index is 10.2. The highest BCUT2D eigenvalue weighted by atomic mass is 35.5. The van der Waals surface area contributed by atoms with Gasteiger partial charge in [0.25, 0.3) is 0 Å². The fourth-order valence-electron chi connectivity index (χ4n) is 2.22. The summed E-state index contributed by atoms with van der Waals surface area (Å²) in [6.07, 6.45) is 1.95. The van der Waals surface area contributed by atoms with E-state index in [-0.39, 0.29) is 12.4 Å². The van der Waals surface area contributed by atoms with Crippen molar-refractivity contribution in [3.05, 3.63) is 53.2 Å². The maximum Gasteiger partial charge on any atom is 0.240 e. The summed E-state index contributed by atoms with van der Waals surface area (Å²) in [6.45, 7) is 1.91. The van der Waals surface area contributed by atoms with E-state index in [4.69, 9.17) is 11.6 Å². The first kappa shape index (κ1) is 12.9. The normalized spacial score (nSPS) is 10.6. The van der Waals surface area contributed by atoms with E-state index in [2.05, 4.69) is 0 Å². The molecule has 18 heavy (non-hydrogen) atoms. The highest BCUT2D eigenvalue weighted by Gasteiger charge is 2.19. The average molecular weight is 280 g/mol. The van der Waals surface area contributed by atoms with Crippen molar-refractivity contribution in [3.63, 3.8) is 0 Å². The Bertz CT molecular complexity index is 741. The predicted octanol–water partition coefficient (Wildman–Crippen LogP) is 0.250. The van der Waals surface area contributed by atoms with Crippen molar-refractivity contribution in [2.24, 2.45) is 0 Å². The van der Waals surface area contributed by atoms with Crippen LogP contribution in [0.15, 0.2) is 42.6 Å². The molecule has 0 aliphatic heterocycles. The minimum atomic E-state index is 0. The third kappa shape index (κ3) is 1.69. The Morgan fingerprint density at radius 1 is 1.11 bits per heavy atom. The molecule has 0 amide bonds. The van der Waals surface area contributed by atoms with E-state index in [0.29, 0.717) is 10.8 Å². The van der Waals surface area contributed by atoms with Crippen LogP contribution in [0.1, 0.15) is 5.56 Å². The van der Waals surface area contributed by atoms with E-state index in [9.17, 15) is 5.11 Å². The summed E-state index contributed by atoms with van der Waals surface area (Å²) in [7, 11) is 0. The quantitative estimate of drug-likeness (QED) is 0.463. The molecule has 0 bridgehead atoms. The third-order valence-corrected chi connectivity index (χ3v) is 3.39. The van der Waals surface area contributed by atoms with Crippen LogP contribution in [0.2, 0.25) is 5.02 Å². The SMILES string of the molecule is Cc1c(O)c2cccc(Cl)c2[n+]2ccccc12.[Cl-]. The topological polar surface area (TPSA) is 24.3 Å². The van der Waals surface area contributed by atoms with Crippen molar-refractivity contribution in [1.82, 2.24) is 0 Å². The van der Waals surface area contributed by atoms with Gasteiger partial charge in [0.1, 0.15) is 10.8 Å². The number of hydrogen-bond donors (Lipinski definition) is 1. The number of hydrogen-bond acceptors (Lipinski definition) is 1. The van der Waals surface area contributed by atoms with Crippen LogP contribution in [0.4, 0.5) is 0 Å². The Balaban J connectivity index is 0.00000120. The number of aromatic hydroxyl groups is 1. The summed E-state index contributed by atoms with van der Waals surface area (Å²) in [5.74, 6) is 0.300. The smallest absolute Gasteiger partial charge is 0.240 e. The van der Waals surface area contributed by atoms with Gasteiger partial charge in [0.05, 0.1) is 10.9 Å². The van der Waals surface area contributed by atoms with Crippen molar-refractivity contribution in [2.45, 2.75) is 6.92 Å². The first-order valence-corrected chi connectivity index (χ1v) is 5.78. The molecule has 0 fully saturated rings. The van der Waals surface area contributed by atoms with Gasteiger partial charge in [-0.15, -0.1) is 0 Å². The Hall–Kier alpha value is -1.51. The zero-order valence-electron chi connectivity index (χ0n) is 9.69. The van der Waals surface area contributed by atoms with E-state index in [1.165, 1.54) is 0 Å². The highest BCUT2D eigenvalue weighted by molar-refractivity contribution is 6.34. The van der Waals surface area contributed by atoms with E-state index >= 15 is 0 Å². The summed E-state index contributed by atoms with van der Waals surface area (Å²) in [5.41, 5.74) is 2.67. The second-order valence-corrected chi connectivity index (χ2v) is 4.47. The van der Waals surface area contributed by atoms with Gasteiger partial charge in [-0.2, -0.15) is 4.40 Å². The molecule has 0 unspecified atom stereocenters. The fraction of sp³-hybridized carbons (Fsp3) is 0.0714. The molecule has 0 saturated carbocycles. The van der Waals surface area contributed by atoms with Gasteiger partial charge < -0.3 is 17.5 Å². The Kier molecular flexibility index (Phi) is 3.33. The van der Waals surface area contributed by atoms with Gasteiger partial charge in [0.15, 0.2) is 6.20 Å². The standard InChI is InChI=1S/C14H10ClNO.ClH/c1-9-12-7-2-3-8-16(12)13-10(14(9)17)5-4-6-11(13)15;/h2-8H,1H3;1H. The number of nitrogens with zero attached hydrogens (tertiary/aromatic N) is 1. The summed E-state index contributed by atoms with van der Waals surface area (Å²) >= 11 is 6.23. The van der Waals surface area contributed by atoms with Crippen molar-refractivity contribution < 1.29 is 21.9 Å². The zero-order valence-corrected chi connectivity index (χ0v) is 11.2. The second-order valence-electron chi connectivity index (χ2n) is 4.07. The van der Waals surface area contributed by atoms with Gasteiger partial charge in [0.2, 0.25) is 11.0 Å². The molecular weight excluding hydrogens is 269 g/mol. The summed E-state index contributed by atoms with van der Waals surface area (Å²) in [6, 6.07) is 11.4. The molecule has 3 rings (SSSR count). The van der Waals surface area contributed by atoms with Crippen LogP contribution >= 0.6 is 11.6 Å². The molecule has 0 spiro atoms. The van der Waals surface area contributed by atoms with Crippen LogP contribution in [0.25, 0.3) is 16.4 Å². The number of aromatic nitrogens is 1. The minimum Gasteiger partial charge on any atom is -1.00 e. The van der Waals surface area contributed by atoms with Gasteiger partial charge in [-0.05, 0) is 25.1 Å². The molecular formula is C14H11Cl2NO. The lowest BCUT2D eigenvalue weighted by Crippen LogP contribution is -3.00. The van der Waals surface area contributed by atoms with Crippen molar-refractivity contribution in [1.29, 1.82) is 0 Å². The van der Waals surface area contributed by atoms with Crippen LogP contribution in [0.5, 0.6) is 5.75 Å². The van der Waals surface area contributed by atoms with Gasteiger partial charge in [-0.3, -0.25) is 0 Å². The fourth-order valence-corrected chi connectivity index (χ4v) is 2.48. The van der Waals surface area contributed by atoms with Crippen LogP contribution in [0, 0.1) is 6.92 Å². The van der Waals surface area contributed by atoms with Crippen molar-refractivity contribution in [2.75, 3.05) is 0 Å². The predicted molar refractivity (Wildman–Crippen MR) is 68.5 cm³/mol. The summed E-state index contributed by atoms with van der Waals surface area (Å²) in [5, 5.41) is 11.6. The molecule has 0 aliphatic rings. The lowest BCUT2D eigenvalue weighted by molar-refractivity contribution is -0.481. The van der Waals surface area contributed by atoms with E-state index in [0.717, 1.165) is 22.0 Å². The molecule has 0 atom stereocenters. The number of pyridine rings is 2. The van der Waals surface area contributed by atoms with Crippen molar-refractivity contribution in [3.8, 4) is 5.75 Å². The molecule has 0 radical (unpaired) electrons. The van der Waals surface area contributed by atoms with Gasteiger partial charge >= 0.3 is 0 Å². The van der Waals surface area contributed by atoms with E-state index in [1.54, 1.807) is 0 Å². The number of fused-ring (bicyclic) bond motifs is 3. The van der Waals surface area contributed by atoms with E-state index < -0.39 is 0 Å². The lowest BCUT2D eigenvalue weighted by atomic mass is 10.1. The number of aryl methyl sites for hydroxylation is 1. The summed E-state index contributed by atoms with van der Waals surface area (Å²) in [4.78, 5) is 0. The monoisotopic (exact) mass is 279 g/mol. The second kappa shape index (κ2) is 4.63. The van der Waals surface area contributed by atoms with Crippen LogP contribution in [-0.4, -0.2) is 5.11 Å². The van der Waals surface area contributed by atoms with Gasteiger partial charge in [0, 0.05) is 12.1 Å². The van der Waals surface area contributed by atoms with Gasteiger partial charge in [-0.25, -0.2) is 0 Å². The van der Waals surface area contributed by atoms with Crippen LogP contribution < -0.4 is 16.8 Å². The first-order chi connectivity index (χ1) is 8.20. The highest BCUT2D eigenvalue weighted by Crippen LogP contribution is 2.31. The van der Waals surface area contributed by atoms with Gasteiger partial charge in [-0.1, -0.05) is 17.7 Å². The molecule has 2 aromatic heterocycles. The molecule has 92 valence electrons. The number of halogens is 2. The Morgan fingerprint density at radius 2 is 1.89 bits per heavy atom. The summed E-state index contributed by atoms with van der Waals surface area (Å²) < 4.78 is 2.01. The molecule has 3 aromatic rings.